The minimum absolute atomic E-state index is 0.00128. The highest BCUT2D eigenvalue weighted by molar-refractivity contribution is 6.40. The largest absolute Gasteiger partial charge is 0.508 e. The zero-order valence-electron chi connectivity index (χ0n) is 8.60. The predicted molar refractivity (Wildman–Crippen MR) is 65.7 cm³/mol. The molecule has 1 aromatic heterocycles. The van der Waals surface area contributed by atoms with Crippen molar-refractivity contribution in [3.63, 3.8) is 0 Å². The molecule has 0 unspecified atom stereocenters. The molecule has 0 amide bonds. The van der Waals surface area contributed by atoms with Crippen molar-refractivity contribution in [1.82, 2.24) is 9.55 Å². The van der Waals surface area contributed by atoms with Gasteiger partial charge in [0.05, 0.1) is 12.9 Å². The molecule has 0 atom stereocenters. The first-order valence-electron chi connectivity index (χ1n) is 4.76. The van der Waals surface area contributed by atoms with E-state index in [1.54, 1.807) is 24.3 Å². The molecule has 0 bridgehead atoms. The molecule has 1 heterocycles. The number of hydrogen-bond donors (Lipinski definition) is 1. The number of rotatable bonds is 2. The normalized spacial score (nSPS) is 10.5. The number of aromatic nitrogens is 2. The van der Waals surface area contributed by atoms with E-state index in [-0.39, 0.29) is 21.5 Å². The van der Waals surface area contributed by atoms with Crippen molar-refractivity contribution in [3.8, 4) is 5.75 Å². The summed E-state index contributed by atoms with van der Waals surface area (Å²) in [6.45, 7) is 0.322. The summed E-state index contributed by atoms with van der Waals surface area (Å²) in [5, 5.41) is 9.05. The maximum Gasteiger partial charge on any atom is 0.273 e. The van der Waals surface area contributed by atoms with Crippen molar-refractivity contribution in [2.45, 2.75) is 6.54 Å². The van der Waals surface area contributed by atoms with Crippen LogP contribution in [0.2, 0.25) is 10.2 Å². The second kappa shape index (κ2) is 4.77. The molecular weight excluding hydrogens is 263 g/mol. The smallest absolute Gasteiger partial charge is 0.273 e. The van der Waals surface area contributed by atoms with E-state index in [0.717, 1.165) is 5.56 Å². The third-order valence-corrected chi connectivity index (χ3v) is 2.95. The summed E-state index contributed by atoms with van der Waals surface area (Å²) in [6.07, 6.45) is 1.34. The fraction of sp³-hybridized carbons (Fsp3) is 0.0909. The summed E-state index contributed by atoms with van der Waals surface area (Å²) < 4.78 is 1.35. The summed E-state index contributed by atoms with van der Waals surface area (Å²) >= 11 is 11.3. The molecule has 6 heteroatoms. The Balaban J connectivity index is 2.34. The Bertz CT molecular complexity index is 593. The minimum atomic E-state index is -0.389. The molecular formula is C11H8Cl2N2O2. The summed E-state index contributed by atoms with van der Waals surface area (Å²) in [5.41, 5.74) is 0.463. The van der Waals surface area contributed by atoms with Crippen LogP contribution in [0, 0.1) is 0 Å². The number of phenolic OH excluding ortho intramolecular Hbond substituents is 1. The van der Waals surface area contributed by atoms with Gasteiger partial charge in [0.25, 0.3) is 5.56 Å². The van der Waals surface area contributed by atoms with Crippen LogP contribution in [0.3, 0.4) is 0 Å². The highest BCUT2D eigenvalue weighted by Crippen LogP contribution is 2.14. The average molecular weight is 271 g/mol. The Kier molecular flexibility index (Phi) is 3.36. The molecule has 0 aliphatic rings. The lowest BCUT2D eigenvalue weighted by Crippen LogP contribution is -2.21. The van der Waals surface area contributed by atoms with Gasteiger partial charge in [-0.1, -0.05) is 35.3 Å². The Morgan fingerprint density at radius 3 is 2.53 bits per heavy atom. The van der Waals surface area contributed by atoms with Crippen LogP contribution in [-0.2, 0) is 6.54 Å². The van der Waals surface area contributed by atoms with Crippen molar-refractivity contribution in [2.24, 2.45) is 0 Å². The van der Waals surface area contributed by atoms with E-state index in [1.165, 1.54) is 10.9 Å². The minimum Gasteiger partial charge on any atom is -0.508 e. The van der Waals surface area contributed by atoms with Gasteiger partial charge in [-0.2, -0.15) is 0 Å². The standard InChI is InChI=1S/C11H8Cl2N2O2/c12-9-10(13)14-6-15(11(9)17)5-7-1-3-8(16)4-2-7/h1-4,6,16H,5H2. The molecule has 0 saturated carbocycles. The summed E-state index contributed by atoms with van der Waals surface area (Å²) in [7, 11) is 0. The van der Waals surface area contributed by atoms with E-state index < -0.39 is 0 Å². The van der Waals surface area contributed by atoms with Gasteiger partial charge in [0.1, 0.15) is 10.8 Å². The SMILES string of the molecule is O=c1c(Cl)c(Cl)ncn1Cc1ccc(O)cc1. The fourth-order valence-corrected chi connectivity index (χ4v) is 1.64. The maximum absolute atomic E-state index is 11.7. The molecule has 4 nitrogen and oxygen atoms in total. The van der Waals surface area contributed by atoms with Gasteiger partial charge in [0, 0.05) is 0 Å². The van der Waals surface area contributed by atoms with Gasteiger partial charge < -0.3 is 5.11 Å². The molecule has 0 aliphatic carbocycles. The molecule has 1 N–H and O–H groups in total. The second-order valence-electron chi connectivity index (χ2n) is 3.45. The van der Waals surface area contributed by atoms with Crippen LogP contribution < -0.4 is 5.56 Å². The molecule has 88 valence electrons. The first kappa shape index (κ1) is 12.0. The van der Waals surface area contributed by atoms with Gasteiger partial charge in [-0.3, -0.25) is 9.36 Å². The van der Waals surface area contributed by atoms with Crippen LogP contribution >= 0.6 is 23.2 Å². The first-order chi connectivity index (χ1) is 8.08. The highest BCUT2D eigenvalue weighted by atomic mass is 35.5. The van der Waals surface area contributed by atoms with Gasteiger partial charge in [0.2, 0.25) is 0 Å². The van der Waals surface area contributed by atoms with Crippen LogP contribution in [-0.4, -0.2) is 14.7 Å². The van der Waals surface area contributed by atoms with Gasteiger partial charge in [-0.05, 0) is 17.7 Å². The van der Waals surface area contributed by atoms with Gasteiger partial charge in [-0.25, -0.2) is 4.98 Å². The second-order valence-corrected chi connectivity index (χ2v) is 4.18. The molecule has 2 aromatic rings. The molecule has 2 rings (SSSR count). The van der Waals surface area contributed by atoms with E-state index in [0.29, 0.717) is 6.54 Å². The highest BCUT2D eigenvalue weighted by Gasteiger charge is 2.07. The molecule has 0 saturated heterocycles. The molecule has 0 fully saturated rings. The van der Waals surface area contributed by atoms with Crippen molar-refractivity contribution in [3.05, 3.63) is 56.7 Å². The van der Waals surface area contributed by atoms with Gasteiger partial charge >= 0.3 is 0 Å². The summed E-state index contributed by atoms with van der Waals surface area (Å²) in [5.74, 6) is 0.174. The van der Waals surface area contributed by atoms with E-state index >= 15 is 0 Å². The average Bonchev–Trinajstić information content (AvgIpc) is 2.33. The van der Waals surface area contributed by atoms with Crippen LogP contribution in [0.5, 0.6) is 5.75 Å². The van der Waals surface area contributed by atoms with Gasteiger partial charge in [0.15, 0.2) is 5.15 Å². The topological polar surface area (TPSA) is 55.1 Å². The fourth-order valence-electron chi connectivity index (χ4n) is 1.35. The number of benzene rings is 1. The Hall–Kier alpha value is -1.52. The lowest BCUT2D eigenvalue weighted by atomic mass is 10.2. The molecule has 17 heavy (non-hydrogen) atoms. The number of hydrogen-bond acceptors (Lipinski definition) is 3. The number of nitrogens with zero attached hydrogens (tertiary/aromatic N) is 2. The summed E-state index contributed by atoms with van der Waals surface area (Å²) in [6, 6.07) is 6.52. The lowest BCUT2D eigenvalue weighted by Gasteiger charge is -2.06. The van der Waals surface area contributed by atoms with E-state index in [4.69, 9.17) is 28.3 Å². The molecule has 0 spiro atoms. The third-order valence-electron chi connectivity index (χ3n) is 2.23. The Morgan fingerprint density at radius 1 is 1.24 bits per heavy atom. The predicted octanol–water partition coefficient (Wildman–Crippen LogP) is 2.30. The number of halogens is 2. The zero-order chi connectivity index (χ0) is 12.4. The van der Waals surface area contributed by atoms with Crippen molar-refractivity contribution in [2.75, 3.05) is 0 Å². The summed E-state index contributed by atoms with van der Waals surface area (Å²) in [4.78, 5) is 15.5. The molecule has 0 aliphatic heterocycles. The van der Waals surface area contributed by atoms with Crippen LogP contribution in [0.1, 0.15) is 5.56 Å². The van der Waals surface area contributed by atoms with E-state index in [2.05, 4.69) is 4.98 Å². The Labute approximate surface area is 107 Å². The first-order valence-corrected chi connectivity index (χ1v) is 5.52. The van der Waals surface area contributed by atoms with E-state index in [1.807, 2.05) is 0 Å². The monoisotopic (exact) mass is 270 g/mol. The van der Waals surface area contributed by atoms with Crippen LogP contribution in [0.4, 0.5) is 0 Å². The van der Waals surface area contributed by atoms with Gasteiger partial charge in [-0.15, -0.1) is 0 Å². The zero-order valence-corrected chi connectivity index (χ0v) is 10.1. The van der Waals surface area contributed by atoms with E-state index in [9.17, 15) is 4.79 Å². The van der Waals surface area contributed by atoms with Crippen molar-refractivity contribution in [1.29, 1.82) is 0 Å². The quantitative estimate of drug-likeness (QED) is 0.853. The number of aromatic hydroxyl groups is 1. The Morgan fingerprint density at radius 2 is 1.88 bits per heavy atom. The lowest BCUT2D eigenvalue weighted by molar-refractivity contribution is 0.475. The van der Waals surface area contributed by atoms with Crippen molar-refractivity contribution >= 4 is 23.2 Å². The molecule has 0 radical (unpaired) electrons. The third kappa shape index (κ3) is 2.60. The number of phenols is 1. The van der Waals surface area contributed by atoms with Crippen LogP contribution in [0.15, 0.2) is 35.4 Å². The van der Waals surface area contributed by atoms with Crippen LogP contribution in [0.25, 0.3) is 0 Å². The molecule has 1 aromatic carbocycles. The van der Waals surface area contributed by atoms with Crippen molar-refractivity contribution < 1.29 is 5.11 Å². The maximum atomic E-state index is 11.7.